The third-order valence-corrected chi connectivity index (χ3v) is 3.72. The van der Waals surface area contributed by atoms with Crippen LogP contribution in [0, 0.1) is 19.4 Å². The summed E-state index contributed by atoms with van der Waals surface area (Å²) in [7, 11) is 0. The Balaban J connectivity index is 2.51. The van der Waals surface area contributed by atoms with Gasteiger partial charge in [0.05, 0.1) is 6.61 Å². The fraction of sp³-hybridized carbons (Fsp3) is 0.529. The summed E-state index contributed by atoms with van der Waals surface area (Å²) in [5, 5.41) is 0. The van der Waals surface area contributed by atoms with Crippen molar-refractivity contribution in [2.24, 2.45) is 5.73 Å². The van der Waals surface area contributed by atoms with E-state index in [4.69, 9.17) is 16.0 Å². The van der Waals surface area contributed by atoms with Crippen LogP contribution in [0.4, 0.5) is 0 Å². The number of hydrogen-bond donors (Lipinski definition) is 2. The molecule has 3 N–H and O–H groups in total. The Labute approximate surface area is 142 Å². The van der Waals surface area contributed by atoms with Gasteiger partial charge in [-0.15, -0.1) is 0 Å². The second-order valence-corrected chi connectivity index (χ2v) is 5.80. The van der Waals surface area contributed by atoms with E-state index in [1.165, 1.54) is 0 Å². The zero-order valence-corrected chi connectivity index (χ0v) is 14.5. The zero-order valence-electron chi connectivity index (χ0n) is 14.5. The lowest BCUT2D eigenvalue weighted by molar-refractivity contribution is -0.570. The smallest absolute Gasteiger partial charge is 0.428 e. The first-order valence-corrected chi connectivity index (χ1v) is 7.92. The van der Waals surface area contributed by atoms with Crippen molar-refractivity contribution in [2.45, 2.75) is 45.7 Å². The molecular formula is C17H26N3O4+. The van der Waals surface area contributed by atoms with Crippen LogP contribution in [0.3, 0.4) is 0 Å². The summed E-state index contributed by atoms with van der Waals surface area (Å²) in [6, 6.07) is 4.63. The van der Waals surface area contributed by atoms with E-state index < -0.39 is 18.0 Å². The lowest BCUT2D eigenvalue weighted by Gasteiger charge is -2.14. The van der Waals surface area contributed by atoms with Gasteiger partial charge in [0.2, 0.25) is 6.04 Å². The molecule has 0 spiro atoms. The highest BCUT2D eigenvalue weighted by Crippen LogP contribution is 2.22. The standard InChI is InChI=1S/C17H26N3O4/c1-12-6-4-7-13(2)16(12)24-10-14(3)20(19)17(22)15(18)8-5-9-23-11-21/h4,6-7,11,14-15,19H,5,8-10,18H2,1-3H3/q+1. The molecule has 0 aromatic heterocycles. The van der Waals surface area contributed by atoms with Gasteiger partial charge >= 0.3 is 5.91 Å². The molecule has 0 saturated carbocycles. The number of ether oxygens (including phenoxy) is 2. The number of nitrogens with zero attached hydrogens (tertiary/aromatic N) is 1. The SMILES string of the molecule is Cc1cccc(C)c1OCC(C)[N+](=N)C(=O)C(N)CCCOC=O. The first-order valence-electron chi connectivity index (χ1n) is 7.92. The molecular weight excluding hydrogens is 310 g/mol. The third-order valence-electron chi connectivity index (χ3n) is 3.72. The van der Waals surface area contributed by atoms with Gasteiger partial charge in [-0.1, -0.05) is 28.4 Å². The van der Waals surface area contributed by atoms with Gasteiger partial charge in [0.1, 0.15) is 11.8 Å². The molecule has 7 heteroatoms. The summed E-state index contributed by atoms with van der Waals surface area (Å²) in [5.41, 5.74) is 15.8. The molecule has 0 aliphatic rings. The number of amides is 1. The van der Waals surface area contributed by atoms with Crippen LogP contribution in [-0.2, 0) is 14.3 Å². The minimum Gasteiger partial charge on any atom is -0.486 e. The predicted octanol–water partition coefficient (Wildman–Crippen LogP) is 1.92. The van der Waals surface area contributed by atoms with Gasteiger partial charge in [-0.25, -0.2) is 4.79 Å². The quantitative estimate of drug-likeness (QED) is 0.294. The lowest BCUT2D eigenvalue weighted by Crippen LogP contribution is -2.42. The van der Waals surface area contributed by atoms with E-state index >= 15 is 0 Å². The van der Waals surface area contributed by atoms with Crippen molar-refractivity contribution < 1.29 is 23.8 Å². The number of hydrogen-bond acceptors (Lipinski definition) is 6. The Hall–Kier alpha value is -2.28. The lowest BCUT2D eigenvalue weighted by atomic mass is 10.1. The monoisotopic (exact) mass is 336 g/mol. The molecule has 1 amide bonds. The topological polar surface area (TPSA) is 105 Å². The maximum absolute atomic E-state index is 12.1. The van der Waals surface area contributed by atoms with Gasteiger partial charge in [0.15, 0.2) is 6.61 Å². The molecule has 1 aromatic rings. The average molecular weight is 336 g/mol. The molecule has 0 heterocycles. The molecule has 2 atom stereocenters. The zero-order chi connectivity index (χ0) is 18.1. The fourth-order valence-corrected chi connectivity index (χ4v) is 2.26. The maximum Gasteiger partial charge on any atom is 0.428 e. The van der Waals surface area contributed by atoms with Gasteiger partial charge in [-0.05, 0) is 37.8 Å². The van der Waals surface area contributed by atoms with Gasteiger partial charge in [0.25, 0.3) is 6.47 Å². The highest BCUT2D eigenvalue weighted by molar-refractivity contribution is 5.72. The molecule has 0 bridgehead atoms. The molecule has 132 valence electrons. The molecule has 0 aliphatic carbocycles. The van der Waals surface area contributed by atoms with E-state index in [-0.39, 0.29) is 13.2 Å². The predicted molar refractivity (Wildman–Crippen MR) is 88.1 cm³/mol. The van der Waals surface area contributed by atoms with Crippen LogP contribution in [0.15, 0.2) is 18.2 Å². The third kappa shape index (κ3) is 5.73. The highest BCUT2D eigenvalue weighted by atomic mass is 16.5. The van der Waals surface area contributed by atoms with Crippen molar-refractivity contribution in [1.29, 1.82) is 5.53 Å². The average Bonchev–Trinajstić information content (AvgIpc) is 2.56. The number of nitrogens with one attached hydrogen (secondary N) is 1. The minimum absolute atomic E-state index is 0.210. The van der Waals surface area contributed by atoms with Crippen molar-refractivity contribution in [3.8, 4) is 5.75 Å². The van der Waals surface area contributed by atoms with E-state index in [9.17, 15) is 9.59 Å². The van der Waals surface area contributed by atoms with Gasteiger partial charge < -0.3 is 15.2 Å². The Kier molecular flexibility index (Phi) is 8.05. The van der Waals surface area contributed by atoms with Crippen molar-refractivity contribution in [1.82, 2.24) is 0 Å². The molecule has 0 radical (unpaired) electrons. The molecule has 1 aromatic carbocycles. The van der Waals surface area contributed by atoms with Crippen molar-refractivity contribution >= 4 is 12.4 Å². The Morgan fingerprint density at radius 1 is 1.38 bits per heavy atom. The summed E-state index contributed by atoms with van der Waals surface area (Å²) < 4.78 is 11.2. The van der Waals surface area contributed by atoms with E-state index in [0.717, 1.165) is 21.6 Å². The molecule has 24 heavy (non-hydrogen) atoms. The number of para-hydroxylation sites is 1. The fourth-order valence-electron chi connectivity index (χ4n) is 2.26. The van der Waals surface area contributed by atoms with Crippen LogP contribution in [-0.4, -0.2) is 42.4 Å². The summed E-state index contributed by atoms with van der Waals surface area (Å²) in [4.78, 5) is 22.2. The number of carbonyl (C=O) groups is 2. The number of rotatable bonds is 10. The van der Waals surface area contributed by atoms with E-state index in [0.29, 0.717) is 19.3 Å². The molecule has 1 rings (SSSR count). The molecule has 0 aliphatic heterocycles. The van der Waals surface area contributed by atoms with Gasteiger partial charge in [0, 0.05) is 6.92 Å². The van der Waals surface area contributed by atoms with E-state index in [1.807, 2.05) is 32.0 Å². The van der Waals surface area contributed by atoms with Crippen LogP contribution in [0.1, 0.15) is 30.9 Å². The van der Waals surface area contributed by atoms with Crippen LogP contribution in [0.5, 0.6) is 5.75 Å². The number of aryl methyl sites for hydroxylation is 2. The summed E-state index contributed by atoms with van der Waals surface area (Å²) in [6.45, 7) is 6.43. The molecule has 7 nitrogen and oxygen atoms in total. The normalized spacial score (nSPS) is 13.0. The second-order valence-electron chi connectivity index (χ2n) is 5.80. The number of benzene rings is 1. The van der Waals surface area contributed by atoms with E-state index in [2.05, 4.69) is 4.74 Å². The van der Waals surface area contributed by atoms with E-state index in [1.54, 1.807) is 6.92 Å². The summed E-state index contributed by atoms with van der Waals surface area (Å²) >= 11 is 0. The maximum atomic E-state index is 12.1. The van der Waals surface area contributed by atoms with Crippen molar-refractivity contribution in [3.63, 3.8) is 0 Å². The number of nitrogens with two attached hydrogens (primary N) is 1. The summed E-state index contributed by atoms with van der Waals surface area (Å²) in [5.74, 6) is 0.305. The second kappa shape index (κ2) is 9.77. The van der Waals surface area contributed by atoms with Gasteiger partial charge in [-0.3, -0.25) is 4.79 Å². The van der Waals surface area contributed by atoms with Crippen LogP contribution >= 0.6 is 0 Å². The van der Waals surface area contributed by atoms with Crippen LogP contribution < -0.4 is 10.5 Å². The van der Waals surface area contributed by atoms with Crippen molar-refractivity contribution in [3.05, 3.63) is 29.3 Å². The largest absolute Gasteiger partial charge is 0.486 e. The Bertz CT molecular complexity index is 569. The van der Waals surface area contributed by atoms with Crippen LogP contribution in [0.25, 0.3) is 0 Å². The van der Waals surface area contributed by atoms with Crippen LogP contribution in [0.2, 0.25) is 0 Å². The molecule has 0 saturated heterocycles. The first kappa shape index (κ1) is 19.8. The Morgan fingerprint density at radius 2 is 2.00 bits per heavy atom. The minimum atomic E-state index is -0.791. The summed E-state index contributed by atoms with van der Waals surface area (Å²) in [6.07, 6.45) is 0.833. The number of carbonyl (C=O) groups excluding carboxylic acids is 2. The van der Waals surface area contributed by atoms with Crippen molar-refractivity contribution in [2.75, 3.05) is 13.2 Å². The first-order chi connectivity index (χ1) is 11.4. The molecule has 0 fully saturated rings. The highest BCUT2D eigenvalue weighted by Gasteiger charge is 2.31. The Morgan fingerprint density at radius 3 is 2.58 bits per heavy atom. The van der Waals surface area contributed by atoms with Gasteiger partial charge in [-0.2, -0.15) is 0 Å². The molecule has 2 unspecified atom stereocenters.